The Morgan fingerprint density at radius 2 is 1.95 bits per heavy atom. The van der Waals surface area contributed by atoms with Gasteiger partial charge in [0, 0.05) is 36.8 Å². The van der Waals surface area contributed by atoms with E-state index in [0.717, 1.165) is 24.2 Å². The summed E-state index contributed by atoms with van der Waals surface area (Å²) in [5.41, 5.74) is 4.23. The first-order valence-electron chi connectivity index (χ1n) is 7.54. The van der Waals surface area contributed by atoms with Crippen LogP contribution < -0.4 is 5.32 Å². The molecule has 4 heteroatoms. The Bertz CT molecular complexity index is 699. The highest BCUT2D eigenvalue weighted by atomic mass is 35.5. The van der Waals surface area contributed by atoms with Gasteiger partial charge in [-0.2, -0.15) is 0 Å². The largest absolute Gasteiger partial charge is 0.335 e. The lowest BCUT2D eigenvalue weighted by Crippen LogP contribution is -2.30. The van der Waals surface area contributed by atoms with Gasteiger partial charge in [-0.1, -0.05) is 35.9 Å². The number of rotatable bonds is 4. The number of benzene rings is 2. The van der Waals surface area contributed by atoms with E-state index in [4.69, 9.17) is 11.6 Å². The lowest BCUT2D eigenvalue weighted by Gasteiger charge is -2.22. The van der Waals surface area contributed by atoms with Gasteiger partial charge >= 0.3 is 0 Å². The van der Waals surface area contributed by atoms with Crippen LogP contribution in [-0.4, -0.2) is 17.4 Å². The molecular weight excluding hydrogens is 296 g/mol. The highest BCUT2D eigenvalue weighted by molar-refractivity contribution is 6.31. The summed E-state index contributed by atoms with van der Waals surface area (Å²) in [6, 6.07) is 13.6. The smallest absolute Gasteiger partial charge is 0.254 e. The molecule has 0 unspecified atom stereocenters. The van der Waals surface area contributed by atoms with Crippen molar-refractivity contribution < 1.29 is 4.79 Å². The molecule has 22 heavy (non-hydrogen) atoms. The van der Waals surface area contributed by atoms with Crippen molar-refractivity contribution in [2.45, 2.75) is 26.6 Å². The van der Waals surface area contributed by atoms with E-state index in [0.29, 0.717) is 18.1 Å². The molecule has 0 aromatic heterocycles. The lowest BCUT2D eigenvalue weighted by molar-refractivity contribution is 0.0752. The van der Waals surface area contributed by atoms with E-state index in [2.05, 4.69) is 5.32 Å². The van der Waals surface area contributed by atoms with Crippen LogP contribution in [0.1, 0.15) is 34.0 Å². The van der Waals surface area contributed by atoms with Crippen LogP contribution in [0, 0.1) is 0 Å². The minimum Gasteiger partial charge on any atom is -0.335 e. The quantitative estimate of drug-likeness (QED) is 0.935. The Morgan fingerprint density at radius 1 is 1.18 bits per heavy atom. The van der Waals surface area contributed by atoms with Crippen LogP contribution in [0.25, 0.3) is 0 Å². The SMILES string of the molecule is CCN(Cc1ccccc1Cl)C(=O)c1ccc2c(c1)CNC2. The Morgan fingerprint density at radius 3 is 2.73 bits per heavy atom. The van der Waals surface area contributed by atoms with Crippen LogP contribution >= 0.6 is 11.6 Å². The molecule has 1 heterocycles. The van der Waals surface area contributed by atoms with Gasteiger partial charge in [0.25, 0.3) is 5.91 Å². The first-order chi connectivity index (χ1) is 10.7. The Labute approximate surface area is 135 Å². The van der Waals surface area contributed by atoms with Crippen molar-refractivity contribution in [2.75, 3.05) is 6.54 Å². The molecule has 0 saturated heterocycles. The number of halogens is 1. The van der Waals surface area contributed by atoms with E-state index in [-0.39, 0.29) is 5.91 Å². The molecule has 1 aliphatic rings. The van der Waals surface area contributed by atoms with Crippen molar-refractivity contribution >= 4 is 17.5 Å². The standard InChI is InChI=1S/C18H19ClN2O/c1-2-21(12-15-5-3-4-6-17(15)19)18(22)13-7-8-14-10-20-11-16(14)9-13/h3-9,20H,2,10-12H2,1H3. The molecule has 0 fully saturated rings. The number of nitrogens with zero attached hydrogens (tertiary/aromatic N) is 1. The van der Waals surface area contributed by atoms with Gasteiger partial charge in [-0.15, -0.1) is 0 Å². The van der Waals surface area contributed by atoms with E-state index < -0.39 is 0 Å². The summed E-state index contributed by atoms with van der Waals surface area (Å²) >= 11 is 6.21. The molecule has 1 amide bonds. The zero-order chi connectivity index (χ0) is 15.5. The second-order valence-electron chi connectivity index (χ2n) is 5.50. The maximum Gasteiger partial charge on any atom is 0.254 e. The zero-order valence-corrected chi connectivity index (χ0v) is 13.4. The molecule has 0 atom stereocenters. The first-order valence-corrected chi connectivity index (χ1v) is 7.92. The van der Waals surface area contributed by atoms with Crippen molar-refractivity contribution in [1.82, 2.24) is 10.2 Å². The number of carbonyl (C=O) groups is 1. The van der Waals surface area contributed by atoms with Crippen LogP contribution in [0.4, 0.5) is 0 Å². The van der Waals surface area contributed by atoms with Crippen molar-refractivity contribution in [3.63, 3.8) is 0 Å². The highest BCUT2D eigenvalue weighted by Gasteiger charge is 2.18. The minimum atomic E-state index is 0.0529. The third-order valence-corrected chi connectivity index (χ3v) is 4.44. The summed E-state index contributed by atoms with van der Waals surface area (Å²) in [6.07, 6.45) is 0. The van der Waals surface area contributed by atoms with Crippen LogP contribution in [-0.2, 0) is 19.6 Å². The minimum absolute atomic E-state index is 0.0529. The molecule has 1 aliphatic heterocycles. The average molecular weight is 315 g/mol. The highest BCUT2D eigenvalue weighted by Crippen LogP contribution is 2.21. The van der Waals surface area contributed by atoms with Gasteiger partial charge < -0.3 is 10.2 Å². The Hall–Kier alpha value is -1.84. The van der Waals surface area contributed by atoms with Crippen LogP contribution in [0.5, 0.6) is 0 Å². The van der Waals surface area contributed by atoms with Crippen LogP contribution in [0.3, 0.4) is 0 Å². The average Bonchev–Trinajstić information content (AvgIpc) is 3.01. The fourth-order valence-electron chi connectivity index (χ4n) is 2.77. The van der Waals surface area contributed by atoms with Crippen molar-refractivity contribution in [3.05, 3.63) is 69.7 Å². The van der Waals surface area contributed by atoms with E-state index in [9.17, 15) is 4.79 Å². The third-order valence-electron chi connectivity index (χ3n) is 4.07. The molecule has 0 aliphatic carbocycles. The van der Waals surface area contributed by atoms with Gasteiger partial charge in [-0.3, -0.25) is 4.79 Å². The fourth-order valence-corrected chi connectivity index (χ4v) is 2.97. The zero-order valence-electron chi connectivity index (χ0n) is 12.6. The number of nitrogens with one attached hydrogen (secondary N) is 1. The summed E-state index contributed by atoms with van der Waals surface area (Å²) in [5.74, 6) is 0.0529. The second-order valence-corrected chi connectivity index (χ2v) is 5.90. The maximum absolute atomic E-state index is 12.8. The monoisotopic (exact) mass is 314 g/mol. The van der Waals surface area contributed by atoms with E-state index >= 15 is 0 Å². The second kappa shape index (κ2) is 6.51. The number of fused-ring (bicyclic) bond motifs is 1. The summed E-state index contributed by atoms with van der Waals surface area (Å²) in [7, 11) is 0. The van der Waals surface area contributed by atoms with Gasteiger partial charge in [-0.05, 0) is 41.8 Å². The number of amides is 1. The van der Waals surface area contributed by atoms with E-state index in [1.165, 1.54) is 11.1 Å². The topological polar surface area (TPSA) is 32.3 Å². The Kier molecular flexibility index (Phi) is 4.46. The van der Waals surface area contributed by atoms with E-state index in [1.54, 1.807) is 0 Å². The predicted octanol–water partition coefficient (Wildman–Crippen LogP) is 3.61. The van der Waals surface area contributed by atoms with Gasteiger partial charge in [-0.25, -0.2) is 0 Å². The van der Waals surface area contributed by atoms with Crippen molar-refractivity contribution in [1.29, 1.82) is 0 Å². The lowest BCUT2D eigenvalue weighted by atomic mass is 10.1. The molecule has 0 saturated carbocycles. The van der Waals surface area contributed by atoms with Gasteiger partial charge in [0.15, 0.2) is 0 Å². The Balaban J connectivity index is 1.81. The molecule has 3 nitrogen and oxygen atoms in total. The van der Waals surface area contributed by atoms with Crippen molar-refractivity contribution in [3.8, 4) is 0 Å². The number of hydrogen-bond donors (Lipinski definition) is 1. The molecule has 1 N–H and O–H groups in total. The maximum atomic E-state index is 12.8. The number of carbonyl (C=O) groups excluding carboxylic acids is 1. The molecule has 0 bridgehead atoms. The van der Waals surface area contributed by atoms with Gasteiger partial charge in [0.1, 0.15) is 0 Å². The predicted molar refractivity (Wildman–Crippen MR) is 88.9 cm³/mol. The molecule has 3 rings (SSSR count). The van der Waals surface area contributed by atoms with E-state index in [1.807, 2.05) is 54.3 Å². The van der Waals surface area contributed by atoms with Crippen molar-refractivity contribution in [2.24, 2.45) is 0 Å². The summed E-state index contributed by atoms with van der Waals surface area (Å²) in [6.45, 7) is 4.90. The number of hydrogen-bond acceptors (Lipinski definition) is 2. The molecule has 0 spiro atoms. The molecule has 2 aromatic rings. The summed E-state index contributed by atoms with van der Waals surface area (Å²) in [5, 5.41) is 4.00. The molecule has 114 valence electrons. The fraction of sp³-hybridized carbons (Fsp3) is 0.278. The molecule has 2 aromatic carbocycles. The summed E-state index contributed by atoms with van der Waals surface area (Å²) < 4.78 is 0. The first kappa shape index (κ1) is 15.1. The molecular formula is C18H19ClN2O. The normalized spacial score (nSPS) is 13.0. The summed E-state index contributed by atoms with van der Waals surface area (Å²) in [4.78, 5) is 14.6. The van der Waals surface area contributed by atoms with Crippen LogP contribution in [0.2, 0.25) is 5.02 Å². The van der Waals surface area contributed by atoms with Gasteiger partial charge in [0.05, 0.1) is 0 Å². The molecule has 0 radical (unpaired) electrons. The van der Waals surface area contributed by atoms with Gasteiger partial charge in [0.2, 0.25) is 0 Å². The van der Waals surface area contributed by atoms with Crippen LogP contribution in [0.15, 0.2) is 42.5 Å². The third kappa shape index (κ3) is 3.01.